The van der Waals surface area contributed by atoms with Gasteiger partial charge in [-0.1, -0.05) is 52.9 Å². The van der Waals surface area contributed by atoms with E-state index in [1.807, 2.05) is 0 Å². The fraction of sp³-hybridized carbons (Fsp3) is 0.632. The van der Waals surface area contributed by atoms with Crippen molar-refractivity contribution < 1.29 is 4.57 Å². The zero-order chi connectivity index (χ0) is 18.1. The van der Waals surface area contributed by atoms with E-state index in [1.165, 1.54) is 28.3 Å². The van der Waals surface area contributed by atoms with Crippen LogP contribution in [0.15, 0.2) is 12.1 Å². The Morgan fingerprint density at radius 1 is 1.00 bits per heavy atom. The van der Waals surface area contributed by atoms with Gasteiger partial charge in [0.25, 0.3) is 0 Å². The Bertz CT molecular complexity index is 670. The second-order valence-electron chi connectivity index (χ2n) is 8.59. The van der Waals surface area contributed by atoms with Gasteiger partial charge in [-0.05, 0) is 12.5 Å². The Kier molecular flexibility index (Phi) is 5.33. The molecular weight excluding hydrogens is 316 g/mol. The predicted octanol–water partition coefficient (Wildman–Crippen LogP) is 3.94. The van der Waals surface area contributed by atoms with E-state index in [4.69, 9.17) is 5.73 Å². The van der Waals surface area contributed by atoms with Crippen molar-refractivity contribution in [2.45, 2.75) is 78.7 Å². The zero-order valence-electron chi connectivity index (χ0n) is 16.1. The van der Waals surface area contributed by atoms with E-state index in [0.717, 1.165) is 24.4 Å². The predicted molar refractivity (Wildman–Crippen MR) is 101 cm³/mol. The monoisotopic (exact) mass is 347 g/mol. The molecule has 0 aliphatic carbocycles. The van der Waals surface area contributed by atoms with Crippen molar-refractivity contribution in [3.05, 3.63) is 34.1 Å². The number of aryl methyl sites for hydroxylation is 2. The molecule has 0 atom stereocenters. The van der Waals surface area contributed by atoms with Crippen LogP contribution in [0, 0.1) is 6.92 Å². The summed E-state index contributed by atoms with van der Waals surface area (Å²) >= 11 is 1.49. The normalized spacial score (nSPS) is 12.6. The average molecular weight is 348 g/mol. The molecule has 0 spiro atoms. The standard InChI is InChI=1S/C19H31N4S/c1-13-11-14(18(2,3)4)23(15(12-13)19(5,6)7)10-8-9-16-21-22-17(20)24-16/h11-12H,8-10H2,1-7H3,(H2,20,22)/q+1. The minimum Gasteiger partial charge on any atom is -0.374 e. The summed E-state index contributed by atoms with van der Waals surface area (Å²) in [5.41, 5.74) is 10.0. The van der Waals surface area contributed by atoms with Crippen LogP contribution in [0.1, 0.15) is 69.9 Å². The number of pyridine rings is 1. The summed E-state index contributed by atoms with van der Waals surface area (Å²) in [6, 6.07) is 4.66. The van der Waals surface area contributed by atoms with E-state index in [9.17, 15) is 0 Å². The van der Waals surface area contributed by atoms with E-state index >= 15 is 0 Å². The van der Waals surface area contributed by atoms with Crippen molar-refractivity contribution in [2.75, 3.05) is 5.73 Å². The number of hydrogen-bond donors (Lipinski definition) is 1. The van der Waals surface area contributed by atoms with Crippen LogP contribution in [0.5, 0.6) is 0 Å². The lowest BCUT2D eigenvalue weighted by molar-refractivity contribution is -0.717. The van der Waals surface area contributed by atoms with Crippen LogP contribution >= 0.6 is 11.3 Å². The third-order valence-corrected chi connectivity index (χ3v) is 4.91. The maximum absolute atomic E-state index is 5.68. The number of rotatable bonds is 4. The van der Waals surface area contributed by atoms with Gasteiger partial charge in [0.05, 0.1) is 0 Å². The van der Waals surface area contributed by atoms with Crippen molar-refractivity contribution in [1.29, 1.82) is 0 Å². The minimum atomic E-state index is 0.110. The first-order chi connectivity index (χ1) is 11.0. The zero-order valence-corrected chi connectivity index (χ0v) is 16.9. The molecule has 0 bridgehead atoms. The fourth-order valence-electron chi connectivity index (χ4n) is 3.00. The van der Waals surface area contributed by atoms with E-state index in [2.05, 4.69) is 75.4 Å². The van der Waals surface area contributed by atoms with Gasteiger partial charge >= 0.3 is 0 Å². The van der Waals surface area contributed by atoms with Crippen molar-refractivity contribution in [2.24, 2.45) is 0 Å². The fourth-order valence-corrected chi connectivity index (χ4v) is 3.65. The summed E-state index contributed by atoms with van der Waals surface area (Å²) in [5, 5.41) is 9.62. The van der Waals surface area contributed by atoms with Crippen LogP contribution in [0.25, 0.3) is 0 Å². The Morgan fingerprint density at radius 2 is 1.54 bits per heavy atom. The van der Waals surface area contributed by atoms with E-state index in [-0.39, 0.29) is 10.8 Å². The van der Waals surface area contributed by atoms with Crippen LogP contribution in [0.3, 0.4) is 0 Å². The van der Waals surface area contributed by atoms with Gasteiger partial charge in [0.15, 0.2) is 11.4 Å². The first kappa shape index (κ1) is 18.8. The summed E-state index contributed by atoms with van der Waals surface area (Å²) in [6.07, 6.45) is 1.96. The van der Waals surface area contributed by atoms with Gasteiger partial charge in [-0.2, -0.15) is 4.57 Å². The third-order valence-electron chi connectivity index (χ3n) is 4.10. The molecule has 2 aromatic heterocycles. The summed E-state index contributed by atoms with van der Waals surface area (Å²) in [6.45, 7) is 16.9. The quantitative estimate of drug-likeness (QED) is 0.852. The van der Waals surface area contributed by atoms with E-state index in [1.54, 1.807) is 0 Å². The van der Waals surface area contributed by atoms with Gasteiger partial charge < -0.3 is 5.73 Å². The smallest absolute Gasteiger partial charge is 0.203 e. The summed E-state index contributed by atoms with van der Waals surface area (Å²) in [4.78, 5) is 0. The SMILES string of the molecule is Cc1cc(C(C)(C)C)[n+](CCCc2nnc(N)s2)c(C(C)(C)C)c1. The molecule has 4 nitrogen and oxygen atoms in total. The number of nitrogens with two attached hydrogens (primary N) is 1. The van der Waals surface area contributed by atoms with Crippen LogP contribution < -0.4 is 10.3 Å². The van der Waals surface area contributed by atoms with Crippen LogP contribution in [-0.2, 0) is 23.8 Å². The van der Waals surface area contributed by atoms with Crippen LogP contribution in [0.4, 0.5) is 5.13 Å². The first-order valence-electron chi connectivity index (χ1n) is 8.62. The molecule has 2 N–H and O–H groups in total. The number of anilines is 1. The molecule has 2 aromatic rings. The second kappa shape index (κ2) is 6.79. The van der Waals surface area contributed by atoms with Crippen molar-refractivity contribution in [1.82, 2.24) is 10.2 Å². The van der Waals surface area contributed by atoms with Gasteiger partial charge in [0.1, 0.15) is 11.6 Å². The topological polar surface area (TPSA) is 55.7 Å². The van der Waals surface area contributed by atoms with Crippen molar-refractivity contribution in [3.63, 3.8) is 0 Å². The van der Waals surface area contributed by atoms with E-state index in [0.29, 0.717) is 5.13 Å². The molecule has 0 aliphatic heterocycles. The largest absolute Gasteiger partial charge is 0.374 e. The maximum Gasteiger partial charge on any atom is 0.203 e. The molecule has 5 heteroatoms. The third kappa shape index (κ3) is 4.53. The molecule has 0 saturated carbocycles. The number of nitrogens with zero attached hydrogens (tertiary/aromatic N) is 3. The van der Waals surface area contributed by atoms with E-state index < -0.39 is 0 Å². The lowest BCUT2D eigenvalue weighted by Crippen LogP contribution is -2.50. The molecule has 0 fully saturated rings. The molecule has 0 aliphatic rings. The molecule has 0 radical (unpaired) electrons. The highest BCUT2D eigenvalue weighted by molar-refractivity contribution is 7.15. The highest BCUT2D eigenvalue weighted by Gasteiger charge is 2.33. The molecule has 2 heterocycles. The van der Waals surface area contributed by atoms with Crippen LogP contribution in [0.2, 0.25) is 0 Å². The minimum absolute atomic E-state index is 0.110. The van der Waals surface area contributed by atoms with Gasteiger partial charge in [-0.25, -0.2) is 0 Å². The molecule has 24 heavy (non-hydrogen) atoms. The van der Waals surface area contributed by atoms with Crippen molar-refractivity contribution in [3.8, 4) is 0 Å². The molecule has 0 saturated heterocycles. The van der Waals surface area contributed by atoms with Gasteiger partial charge in [-0.15, -0.1) is 10.2 Å². The Balaban J connectivity index is 2.34. The Morgan fingerprint density at radius 3 is 1.96 bits per heavy atom. The van der Waals surface area contributed by atoms with Crippen LogP contribution in [-0.4, -0.2) is 10.2 Å². The summed E-state index contributed by atoms with van der Waals surface area (Å²) in [7, 11) is 0. The molecule has 0 aromatic carbocycles. The molecule has 0 unspecified atom stereocenters. The summed E-state index contributed by atoms with van der Waals surface area (Å²) in [5.74, 6) is 0. The van der Waals surface area contributed by atoms with Gasteiger partial charge in [0, 0.05) is 35.8 Å². The highest BCUT2D eigenvalue weighted by Crippen LogP contribution is 2.26. The molecule has 2 rings (SSSR count). The molecular formula is C19H31N4S+. The number of nitrogen functional groups attached to an aromatic ring is 1. The lowest BCUT2D eigenvalue weighted by Gasteiger charge is -2.24. The van der Waals surface area contributed by atoms with Gasteiger partial charge in [-0.3, -0.25) is 0 Å². The first-order valence-corrected chi connectivity index (χ1v) is 9.43. The van der Waals surface area contributed by atoms with Gasteiger partial charge in [0.2, 0.25) is 5.13 Å². The number of hydrogen-bond acceptors (Lipinski definition) is 4. The second-order valence-corrected chi connectivity index (χ2v) is 9.69. The Labute approximate surface area is 150 Å². The highest BCUT2D eigenvalue weighted by atomic mass is 32.1. The average Bonchev–Trinajstić information content (AvgIpc) is 2.83. The molecule has 132 valence electrons. The maximum atomic E-state index is 5.68. The number of aromatic nitrogens is 3. The molecule has 0 amide bonds. The summed E-state index contributed by atoms with van der Waals surface area (Å²) < 4.78 is 2.51. The Hall–Kier alpha value is -1.49. The lowest BCUT2D eigenvalue weighted by atomic mass is 9.85. The van der Waals surface area contributed by atoms with Crippen molar-refractivity contribution >= 4 is 16.5 Å².